The minimum Gasteiger partial charge on any atom is -0.347 e. The van der Waals surface area contributed by atoms with Crippen LogP contribution in [0.5, 0.6) is 0 Å². The summed E-state index contributed by atoms with van der Waals surface area (Å²) in [5.41, 5.74) is 0. The summed E-state index contributed by atoms with van der Waals surface area (Å²) in [5, 5.41) is 0. The molecule has 0 aromatic heterocycles. The van der Waals surface area contributed by atoms with E-state index in [4.69, 9.17) is 46.4 Å². The minimum absolute atomic E-state index is 0.852. The molecule has 0 N–H and O–H groups in total. The maximum absolute atomic E-state index is 12.0. The Labute approximate surface area is 86.7 Å². The maximum atomic E-state index is 12.0. The molecular formula is C4H3Cl4F3O. The molecule has 0 aliphatic carbocycles. The van der Waals surface area contributed by atoms with E-state index in [0.717, 1.165) is 7.11 Å². The van der Waals surface area contributed by atoms with Gasteiger partial charge in [-0.05, 0) is 0 Å². The zero-order chi connectivity index (χ0) is 10.2. The molecule has 0 aromatic carbocycles. The second-order valence-corrected chi connectivity index (χ2v) is 4.38. The highest BCUT2D eigenvalue weighted by Crippen LogP contribution is 2.52. The van der Waals surface area contributed by atoms with Gasteiger partial charge in [0.2, 0.25) is 0 Å². The Morgan fingerprint density at radius 1 is 1.00 bits per heavy atom. The molecule has 1 nitrogen and oxygen atoms in total. The Kier molecular flexibility index (Phi) is 3.85. The van der Waals surface area contributed by atoms with Crippen LogP contribution < -0.4 is 0 Å². The molecular weight excluding hydrogens is 263 g/mol. The first-order valence-corrected chi connectivity index (χ1v) is 3.95. The number of hydrogen-bond donors (Lipinski definition) is 0. The summed E-state index contributed by atoms with van der Waals surface area (Å²) < 4.78 is 34.0. The standard InChI is InChI=1S/C4H3Cl4F3O/c1-12-3(7,8)2(5,6)4(9,10)11/h1H3. The molecule has 0 unspecified atom stereocenters. The summed E-state index contributed by atoms with van der Waals surface area (Å²) in [4.78, 5) is 0. The lowest BCUT2D eigenvalue weighted by atomic mass is 10.4. The fourth-order valence-electron chi connectivity index (χ4n) is 0.293. The smallest absolute Gasteiger partial charge is 0.347 e. The molecule has 0 aliphatic rings. The van der Waals surface area contributed by atoms with Crippen LogP contribution in [-0.2, 0) is 4.74 Å². The summed E-state index contributed by atoms with van der Waals surface area (Å²) in [6.07, 6.45) is -4.98. The number of hydrogen-bond acceptors (Lipinski definition) is 1. The van der Waals surface area contributed by atoms with Gasteiger partial charge in [-0.15, -0.1) is 0 Å². The molecule has 0 spiro atoms. The first kappa shape index (κ1) is 12.9. The predicted octanol–water partition coefficient (Wildman–Crippen LogP) is 3.50. The van der Waals surface area contributed by atoms with Crippen LogP contribution in [-0.4, -0.2) is 22.1 Å². The molecule has 12 heavy (non-hydrogen) atoms. The second-order valence-electron chi connectivity index (χ2n) is 1.79. The monoisotopic (exact) mass is 264 g/mol. The third-order valence-corrected chi connectivity index (χ3v) is 3.20. The van der Waals surface area contributed by atoms with Gasteiger partial charge in [0.05, 0.1) is 0 Å². The van der Waals surface area contributed by atoms with Crippen LogP contribution in [0, 0.1) is 0 Å². The van der Waals surface area contributed by atoms with Crippen molar-refractivity contribution in [1.29, 1.82) is 0 Å². The van der Waals surface area contributed by atoms with Gasteiger partial charge in [-0.2, -0.15) is 13.2 Å². The lowest BCUT2D eigenvalue weighted by molar-refractivity contribution is -0.161. The highest BCUT2D eigenvalue weighted by atomic mass is 35.5. The fraction of sp³-hybridized carbons (Fsp3) is 1.00. The Morgan fingerprint density at radius 3 is 1.42 bits per heavy atom. The molecule has 0 rings (SSSR count). The highest BCUT2D eigenvalue weighted by Gasteiger charge is 2.66. The van der Waals surface area contributed by atoms with Crippen molar-refractivity contribution in [3.63, 3.8) is 0 Å². The Hall–Kier alpha value is 0.910. The summed E-state index contributed by atoms with van der Waals surface area (Å²) in [7, 11) is 0.852. The molecule has 0 aliphatic heterocycles. The van der Waals surface area contributed by atoms with Crippen molar-refractivity contribution in [2.75, 3.05) is 7.11 Å². The molecule has 0 radical (unpaired) electrons. The zero-order valence-corrected chi connectivity index (χ0v) is 8.58. The van der Waals surface area contributed by atoms with Crippen molar-refractivity contribution >= 4 is 46.4 Å². The van der Waals surface area contributed by atoms with Gasteiger partial charge >= 0.3 is 6.18 Å². The van der Waals surface area contributed by atoms with Crippen molar-refractivity contribution < 1.29 is 17.9 Å². The molecule has 8 heteroatoms. The molecule has 0 atom stereocenters. The normalized spacial score (nSPS) is 15.0. The predicted molar refractivity (Wildman–Crippen MR) is 41.9 cm³/mol. The SMILES string of the molecule is COC(Cl)(Cl)C(Cl)(Cl)C(F)(F)F. The summed E-state index contributed by atoms with van der Waals surface area (Å²) >= 11 is 19.8. The molecule has 0 heterocycles. The number of rotatable bonds is 2. The maximum Gasteiger partial charge on any atom is 0.426 e. The molecule has 0 saturated carbocycles. The number of alkyl halides is 7. The van der Waals surface area contributed by atoms with Crippen molar-refractivity contribution in [2.24, 2.45) is 0 Å². The minimum atomic E-state index is -4.98. The lowest BCUT2D eigenvalue weighted by Crippen LogP contribution is -2.49. The van der Waals surface area contributed by atoms with Crippen molar-refractivity contribution in [2.45, 2.75) is 15.0 Å². The van der Waals surface area contributed by atoms with E-state index in [0.29, 0.717) is 0 Å². The summed E-state index contributed by atoms with van der Waals surface area (Å²) in [6, 6.07) is 0. The number of methoxy groups -OCH3 is 1. The first-order valence-electron chi connectivity index (χ1n) is 2.44. The molecule has 0 aromatic rings. The van der Waals surface area contributed by atoms with E-state index in [1.165, 1.54) is 0 Å². The fourth-order valence-corrected chi connectivity index (χ4v) is 0.662. The van der Waals surface area contributed by atoms with E-state index >= 15 is 0 Å². The average molecular weight is 266 g/mol. The van der Waals surface area contributed by atoms with Gasteiger partial charge < -0.3 is 4.74 Å². The van der Waals surface area contributed by atoms with Crippen molar-refractivity contribution in [1.82, 2.24) is 0 Å². The lowest BCUT2D eigenvalue weighted by Gasteiger charge is -2.32. The van der Waals surface area contributed by atoms with Crippen LogP contribution in [0.3, 0.4) is 0 Å². The van der Waals surface area contributed by atoms with Gasteiger partial charge in [0.15, 0.2) is 0 Å². The van der Waals surface area contributed by atoms with E-state index in [9.17, 15) is 13.2 Å². The van der Waals surface area contributed by atoms with Gasteiger partial charge in [-0.3, -0.25) is 0 Å². The third kappa shape index (κ3) is 2.23. The first-order chi connectivity index (χ1) is 5.06. The van der Waals surface area contributed by atoms with E-state index in [-0.39, 0.29) is 0 Å². The van der Waals surface area contributed by atoms with E-state index in [1.807, 2.05) is 0 Å². The summed E-state index contributed by atoms with van der Waals surface area (Å²) in [5.74, 6) is 0. The Morgan fingerprint density at radius 2 is 1.33 bits per heavy atom. The van der Waals surface area contributed by atoms with Gasteiger partial charge in [0.25, 0.3) is 8.85 Å². The van der Waals surface area contributed by atoms with Gasteiger partial charge in [0.1, 0.15) is 0 Å². The van der Waals surface area contributed by atoms with Gasteiger partial charge in [-0.1, -0.05) is 46.4 Å². The van der Waals surface area contributed by atoms with Crippen LogP contribution in [0.1, 0.15) is 0 Å². The third-order valence-electron chi connectivity index (χ3n) is 0.978. The Balaban J connectivity index is 4.85. The molecule has 74 valence electrons. The van der Waals surface area contributed by atoms with Crippen LogP contribution in [0.15, 0.2) is 0 Å². The molecule has 0 bridgehead atoms. The van der Waals surface area contributed by atoms with Crippen LogP contribution in [0.25, 0.3) is 0 Å². The number of halogens is 7. The second kappa shape index (κ2) is 3.58. The van der Waals surface area contributed by atoms with Crippen molar-refractivity contribution in [3.05, 3.63) is 0 Å². The van der Waals surface area contributed by atoms with E-state index in [2.05, 4.69) is 4.74 Å². The quantitative estimate of drug-likeness (QED) is 0.695. The highest BCUT2D eigenvalue weighted by molar-refractivity contribution is 6.62. The van der Waals surface area contributed by atoms with Crippen LogP contribution in [0.4, 0.5) is 13.2 Å². The molecule has 0 amide bonds. The largest absolute Gasteiger partial charge is 0.426 e. The van der Waals surface area contributed by atoms with E-state index in [1.54, 1.807) is 0 Å². The van der Waals surface area contributed by atoms with E-state index < -0.39 is 15.0 Å². The molecule has 0 saturated heterocycles. The topological polar surface area (TPSA) is 9.23 Å². The number of ether oxygens (including phenoxy) is 1. The van der Waals surface area contributed by atoms with Crippen molar-refractivity contribution in [3.8, 4) is 0 Å². The molecule has 0 fully saturated rings. The Bertz CT molecular complexity index is 166. The van der Waals surface area contributed by atoms with Gasteiger partial charge in [-0.25, -0.2) is 0 Å². The summed E-state index contributed by atoms with van der Waals surface area (Å²) in [6.45, 7) is 0. The van der Waals surface area contributed by atoms with Gasteiger partial charge in [0, 0.05) is 7.11 Å². The van der Waals surface area contributed by atoms with Crippen LogP contribution >= 0.6 is 46.4 Å². The van der Waals surface area contributed by atoms with Crippen LogP contribution in [0.2, 0.25) is 0 Å². The average Bonchev–Trinajstić information content (AvgIpc) is 1.85. The zero-order valence-electron chi connectivity index (χ0n) is 5.55.